The molecule has 0 saturated carbocycles. The van der Waals surface area contributed by atoms with Crippen molar-refractivity contribution in [3.05, 3.63) is 22.4 Å². The Morgan fingerprint density at radius 3 is 2.65 bits per heavy atom. The molecule has 7 heteroatoms. The number of nitrogens with two attached hydrogens (primary N) is 1. The van der Waals surface area contributed by atoms with Gasteiger partial charge in [0.2, 0.25) is 5.91 Å². The maximum Gasteiger partial charge on any atom is 0.312 e. The van der Waals surface area contributed by atoms with Crippen LogP contribution in [0, 0.1) is 0 Å². The summed E-state index contributed by atoms with van der Waals surface area (Å²) in [6, 6.07) is 2.87. The molecule has 0 spiro atoms. The second-order valence-corrected chi connectivity index (χ2v) is 5.94. The van der Waals surface area contributed by atoms with E-state index in [9.17, 15) is 9.59 Å². The van der Waals surface area contributed by atoms with Gasteiger partial charge >= 0.3 is 6.03 Å². The number of rotatable bonds is 4. The first-order valence-corrected chi connectivity index (χ1v) is 7.50. The van der Waals surface area contributed by atoms with E-state index < -0.39 is 6.03 Å². The number of likely N-dealkylation sites (N-methyl/N-ethyl adjacent to an activating group) is 1. The number of nitrogens with one attached hydrogen (secondary N) is 1. The van der Waals surface area contributed by atoms with Crippen LogP contribution in [0.3, 0.4) is 0 Å². The predicted molar refractivity (Wildman–Crippen MR) is 78.5 cm³/mol. The maximum atomic E-state index is 12.3. The van der Waals surface area contributed by atoms with Crippen LogP contribution in [0.4, 0.5) is 4.79 Å². The second-order valence-electron chi connectivity index (χ2n) is 4.96. The molecule has 1 aromatic heterocycles. The molecule has 1 aliphatic rings. The van der Waals surface area contributed by atoms with Gasteiger partial charge in [0.15, 0.2) is 0 Å². The summed E-state index contributed by atoms with van der Waals surface area (Å²) in [7, 11) is 2.05. The first kappa shape index (κ1) is 14.8. The fourth-order valence-electron chi connectivity index (χ4n) is 2.24. The lowest BCUT2D eigenvalue weighted by Gasteiger charge is -2.33. The van der Waals surface area contributed by atoms with E-state index >= 15 is 0 Å². The number of amides is 3. The molecular weight excluding hydrogens is 276 g/mol. The highest BCUT2D eigenvalue weighted by atomic mass is 32.1. The van der Waals surface area contributed by atoms with Crippen LogP contribution in [0.15, 0.2) is 17.5 Å². The number of carbonyl (C=O) groups is 2. The zero-order valence-electron chi connectivity index (χ0n) is 11.5. The summed E-state index contributed by atoms with van der Waals surface area (Å²) in [6.45, 7) is 3.25. The Morgan fingerprint density at radius 2 is 2.10 bits per heavy atom. The third-order valence-corrected chi connectivity index (χ3v) is 4.42. The molecule has 1 aliphatic heterocycles. The van der Waals surface area contributed by atoms with Gasteiger partial charge in [0.1, 0.15) is 0 Å². The van der Waals surface area contributed by atoms with Crippen molar-refractivity contribution >= 4 is 23.3 Å². The summed E-state index contributed by atoms with van der Waals surface area (Å²) in [5.74, 6) is 0.0604. The molecule has 2 heterocycles. The van der Waals surface area contributed by atoms with Gasteiger partial charge < -0.3 is 20.9 Å². The number of primary amides is 1. The van der Waals surface area contributed by atoms with Gasteiger partial charge in [-0.3, -0.25) is 4.79 Å². The van der Waals surface area contributed by atoms with E-state index in [1.54, 1.807) is 0 Å². The van der Waals surface area contributed by atoms with E-state index in [0.29, 0.717) is 0 Å². The van der Waals surface area contributed by atoms with E-state index in [1.165, 1.54) is 11.3 Å². The van der Waals surface area contributed by atoms with Gasteiger partial charge in [0.25, 0.3) is 0 Å². The van der Waals surface area contributed by atoms with Gasteiger partial charge in [-0.15, -0.1) is 11.3 Å². The second kappa shape index (κ2) is 6.71. The number of piperazine rings is 1. The Hall–Kier alpha value is -1.60. The molecule has 3 amide bonds. The van der Waals surface area contributed by atoms with Crippen molar-refractivity contribution in [3.8, 4) is 0 Å². The third kappa shape index (κ3) is 3.94. The molecule has 3 N–H and O–H groups in total. The number of carbonyl (C=O) groups excluding carboxylic acids is 2. The van der Waals surface area contributed by atoms with Crippen molar-refractivity contribution in [1.82, 2.24) is 15.1 Å². The zero-order chi connectivity index (χ0) is 14.5. The lowest BCUT2D eigenvalue weighted by Crippen LogP contribution is -2.48. The molecule has 1 aromatic rings. The SMILES string of the molecule is CN1CCN(C(=O)CC(NC(N)=O)c2cccs2)CC1. The van der Waals surface area contributed by atoms with Crippen LogP contribution in [0.1, 0.15) is 17.3 Å². The summed E-state index contributed by atoms with van der Waals surface area (Å²) in [5, 5.41) is 4.57. The van der Waals surface area contributed by atoms with Crippen molar-refractivity contribution in [2.45, 2.75) is 12.5 Å². The highest BCUT2D eigenvalue weighted by Gasteiger charge is 2.24. The summed E-state index contributed by atoms with van der Waals surface area (Å²) in [6.07, 6.45) is 0.257. The monoisotopic (exact) mass is 296 g/mol. The average Bonchev–Trinajstić information content (AvgIpc) is 2.92. The standard InChI is InChI=1S/C13H20N4O2S/c1-16-4-6-17(7-5-16)12(18)9-10(15-13(14)19)11-3-2-8-20-11/h2-3,8,10H,4-7,9H2,1H3,(H3,14,15,19). The molecule has 6 nitrogen and oxygen atoms in total. The van der Waals surface area contributed by atoms with Crippen molar-refractivity contribution < 1.29 is 9.59 Å². The number of urea groups is 1. The lowest BCUT2D eigenvalue weighted by atomic mass is 10.1. The zero-order valence-corrected chi connectivity index (χ0v) is 12.4. The molecule has 0 radical (unpaired) electrons. The Labute approximate surface area is 122 Å². The Bertz CT molecular complexity index is 455. The third-order valence-electron chi connectivity index (χ3n) is 3.44. The fourth-order valence-corrected chi connectivity index (χ4v) is 3.02. The van der Waals surface area contributed by atoms with Crippen LogP contribution >= 0.6 is 11.3 Å². The topological polar surface area (TPSA) is 78.7 Å². The molecule has 1 unspecified atom stereocenters. The van der Waals surface area contributed by atoms with Crippen LogP contribution in [-0.4, -0.2) is 55.0 Å². The summed E-state index contributed by atoms with van der Waals surface area (Å²) >= 11 is 1.51. The number of nitrogens with zero attached hydrogens (tertiary/aromatic N) is 2. The molecule has 2 rings (SSSR count). The highest BCUT2D eigenvalue weighted by molar-refractivity contribution is 7.10. The van der Waals surface area contributed by atoms with Gasteiger partial charge in [-0.2, -0.15) is 0 Å². The lowest BCUT2D eigenvalue weighted by molar-refractivity contribution is -0.133. The first-order valence-electron chi connectivity index (χ1n) is 6.62. The van der Waals surface area contributed by atoms with Crippen LogP contribution in [0.2, 0.25) is 0 Å². The number of hydrogen-bond donors (Lipinski definition) is 2. The summed E-state index contributed by atoms with van der Waals surface area (Å²) in [4.78, 5) is 28.4. The van der Waals surface area contributed by atoms with Crippen LogP contribution in [0.5, 0.6) is 0 Å². The minimum Gasteiger partial charge on any atom is -0.352 e. The summed E-state index contributed by atoms with van der Waals surface area (Å²) in [5.41, 5.74) is 5.19. The van der Waals surface area contributed by atoms with Crippen molar-refractivity contribution in [2.75, 3.05) is 33.2 Å². The molecular formula is C13H20N4O2S. The minimum absolute atomic E-state index is 0.0604. The first-order chi connectivity index (χ1) is 9.56. The van der Waals surface area contributed by atoms with Gasteiger partial charge in [-0.1, -0.05) is 6.07 Å². The predicted octanol–water partition coefficient (Wildman–Crippen LogP) is 0.622. The van der Waals surface area contributed by atoms with Gasteiger partial charge in [0.05, 0.1) is 12.5 Å². The Morgan fingerprint density at radius 1 is 1.40 bits per heavy atom. The van der Waals surface area contributed by atoms with Crippen LogP contribution in [0.25, 0.3) is 0 Å². The highest BCUT2D eigenvalue weighted by Crippen LogP contribution is 2.23. The van der Waals surface area contributed by atoms with E-state index in [0.717, 1.165) is 31.1 Å². The largest absolute Gasteiger partial charge is 0.352 e. The van der Waals surface area contributed by atoms with E-state index in [-0.39, 0.29) is 18.4 Å². The van der Waals surface area contributed by atoms with E-state index in [2.05, 4.69) is 10.2 Å². The molecule has 1 saturated heterocycles. The quantitative estimate of drug-likeness (QED) is 0.855. The van der Waals surface area contributed by atoms with Crippen molar-refractivity contribution in [2.24, 2.45) is 5.73 Å². The normalized spacial score (nSPS) is 17.8. The Kier molecular flexibility index (Phi) is 4.97. The molecule has 1 fully saturated rings. The average molecular weight is 296 g/mol. The van der Waals surface area contributed by atoms with E-state index in [1.807, 2.05) is 29.5 Å². The molecule has 0 aliphatic carbocycles. The van der Waals surface area contributed by atoms with Crippen molar-refractivity contribution in [1.29, 1.82) is 0 Å². The number of hydrogen-bond acceptors (Lipinski definition) is 4. The Balaban J connectivity index is 1.97. The van der Waals surface area contributed by atoms with Gasteiger partial charge in [-0.25, -0.2) is 4.79 Å². The molecule has 0 bridgehead atoms. The van der Waals surface area contributed by atoms with Gasteiger partial charge in [-0.05, 0) is 18.5 Å². The molecule has 1 atom stereocenters. The molecule has 110 valence electrons. The maximum absolute atomic E-state index is 12.3. The summed E-state index contributed by atoms with van der Waals surface area (Å²) < 4.78 is 0. The molecule has 0 aromatic carbocycles. The smallest absolute Gasteiger partial charge is 0.312 e. The van der Waals surface area contributed by atoms with Crippen LogP contribution < -0.4 is 11.1 Å². The van der Waals surface area contributed by atoms with E-state index in [4.69, 9.17) is 5.73 Å². The van der Waals surface area contributed by atoms with Crippen molar-refractivity contribution in [3.63, 3.8) is 0 Å². The van der Waals surface area contributed by atoms with Crippen LogP contribution in [-0.2, 0) is 4.79 Å². The minimum atomic E-state index is -0.602. The number of thiophene rings is 1. The fraction of sp³-hybridized carbons (Fsp3) is 0.538. The molecule has 20 heavy (non-hydrogen) atoms. The van der Waals surface area contributed by atoms with Gasteiger partial charge in [0, 0.05) is 31.1 Å².